The van der Waals surface area contributed by atoms with Crippen molar-refractivity contribution >= 4 is 12.1 Å². The van der Waals surface area contributed by atoms with Crippen molar-refractivity contribution < 1.29 is 19.1 Å². The van der Waals surface area contributed by atoms with Crippen molar-refractivity contribution in [3.8, 4) is 11.1 Å². The number of rotatable bonds is 5. The molecule has 1 amide bonds. The molecule has 2 aromatic rings. The van der Waals surface area contributed by atoms with E-state index in [-0.39, 0.29) is 0 Å². The standard InChI is InChI=1S/C21H25NO4/c1-21(2,3)26-20(24)22-18(19(23)25-4)14-15-10-12-17(13-11-15)16-8-6-5-7-9-16/h5-13,18H,14H2,1-4H3,(H,22,24)/t18-/m0/s1. The molecular formula is C21H25NO4. The van der Waals surface area contributed by atoms with Crippen molar-refractivity contribution in [2.75, 3.05) is 7.11 Å². The normalized spacial score (nSPS) is 12.2. The van der Waals surface area contributed by atoms with Crippen molar-refractivity contribution in [3.05, 3.63) is 60.2 Å². The molecule has 0 bridgehead atoms. The Balaban J connectivity index is 2.08. The minimum absolute atomic E-state index is 0.320. The topological polar surface area (TPSA) is 64.6 Å². The molecule has 0 saturated carbocycles. The summed E-state index contributed by atoms with van der Waals surface area (Å²) in [6.45, 7) is 5.30. The third-order valence-corrected chi connectivity index (χ3v) is 3.68. The first-order chi connectivity index (χ1) is 12.3. The van der Waals surface area contributed by atoms with E-state index >= 15 is 0 Å². The molecule has 0 fully saturated rings. The molecule has 1 N–H and O–H groups in total. The molecule has 2 aromatic carbocycles. The molecule has 0 heterocycles. The second kappa shape index (κ2) is 8.52. The van der Waals surface area contributed by atoms with E-state index in [4.69, 9.17) is 9.47 Å². The zero-order chi connectivity index (χ0) is 19.2. The fourth-order valence-corrected chi connectivity index (χ4v) is 2.48. The average molecular weight is 355 g/mol. The van der Waals surface area contributed by atoms with Gasteiger partial charge < -0.3 is 14.8 Å². The Morgan fingerprint density at radius 1 is 0.962 bits per heavy atom. The molecule has 138 valence electrons. The van der Waals surface area contributed by atoms with Gasteiger partial charge in [-0.05, 0) is 37.5 Å². The van der Waals surface area contributed by atoms with Crippen LogP contribution in [0.1, 0.15) is 26.3 Å². The van der Waals surface area contributed by atoms with Crippen molar-refractivity contribution in [2.24, 2.45) is 0 Å². The van der Waals surface area contributed by atoms with Crippen LogP contribution in [0.25, 0.3) is 11.1 Å². The lowest BCUT2D eigenvalue weighted by atomic mass is 10.0. The summed E-state index contributed by atoms with van der Waals surface area (Å²) in [5, 5.41) is 2.58. The lowest BCUT2D eigenvalue weighted by Gasteiger charge is -2.22. The number of nitrogens with one attached hydrogen (secondary N) is 1. The van der Waals surface area contributed by atoms with Gasteiger partial charge in [0.1, 0.15) is 11.6 Å². The molecule has 0 aliphatic rings. The molecule has 0 unspecified atom stereocenters. The maximum Gasteiger partial charge on any atom is 0.408 e. The Labute approximate surface area is 154 Å². The minimum Gasteiger partial charge on any atom is -0.467 e. The fourth-order valence-electron chi connectivity index (χ4n) is 2.48. The van der Waals surface area contributed by atoms with Crippen LogP contribution in [0.2, 0.25) is 0 Å². The molecule has 26 heavy (non-hydrogen) atoms. The number of carbonyl (C=O) groups is 2. The first kappa shape index (κ1) is 19.5. The summed E-state index contributed by atoms with van der Waals surface area (Å²) in [6.07, 6.45) is -0.324. The highest BCUT2D eigenvalue weighted by atomic mass is 16.6. The maximum absolute atomic E-state index is 12.0. The summed E-state index contributed by atoms with van der Waals surface area (Å²) < 4.78 is 10.0. The number of methoxy groups -OCH3 is 1. The quantitative estimate of drug-likeness (QED) is 0.825. The predicted octanol–water partition coefficient (Wildman–Crippen LogP) is 3.96. The highest BCUT2D eigenvalue weighted by molar-refractivity contribution is 5.81. The Bertz CT molecular complexity index is 733. The molecule has 0 aliphatic heterocycles. The van der Waals surface area contributed by atoms with Crippen LogP contribution < -0.4 is 5.32 Å². The van der Waals surface area contributed by atoms with E-state index < -0.39 is 23.7 Å². The van der Waals surface area contributed by atoms with Crippen LogP contribution in [-0.2, 0) is 20.7 Å². The molecule has 0 aliphatic carbocycles. The van der Waals surface area contributed by atoms with Crippen LogP contribution >= 0.6 is 0 Å². The summed E-state index contributed by atoms with van der Waals surface area (Å²) in [5.74, 6) is -0.511. The lowest BCUT2D eigenvalue weighted by molar-refractivity contribution is -0.143. The van der Waals surface area contributed by atoms with Crippen molar-refractivity contribution in [3.63, 3.8) is 0 Å². The van der Waals surface area contributed by atoms with E-state index in [9.17, 15) is 9.59 Å². The molecule has 5 nitrogen and oxygen atoms in total. The minimum atomic E-state index is -0.808. The first-order valence-corrected chi connectivity index (χ1v) is 8.50. The Hall–Kier alpha value is -2.82. The summed E-state index contributed by atoms with van der Waals surface area (Å²) >= 11 is 0. The van der Waals surface area contributed by atoms with Gasteiger partial charge in [-0.3, -0.25) is 0 Å². The van der Waals surface area contributed by atoms with Crippen LogP contribution in [0, 0.1) is 0 Å². The van der Waals surface area contributed by atoms with Gasteiger partial charge in [-0.2, -0.15) is 0 Å². The van der Waals surface area contributed by atoms with Gasteiger partial charge in [-0.15, -0.1) is 0 Å². The van der Waals surface area contributed by atoms with Crippen LogP contribution in [0.5, 0.6) is 0 Å². The molecule has 0 radical (unpaired) electrons. The van der Waals surface area contributed by atoms with Crippen molar-refractivity contribution in [1.29, 1.82) is 0 Å². The number of amides is 1. The summed E-state index contributed by atoms with van der Waals surface area (Å²) in [4.78, 5) is 24.0. The van der Waals surface area contributed by atoms with Gasteiger partial charge in [0.2, 0.25) is 0 Å². The van der Waals surface area contributed by atoms with Gasteiger partial charge in [0.15, 0.2) is 0 Å². The number of hydrogen-bond acceptors (Lipinski definition) is 4. The van der Waals surface area contributed by atoms with Gasteiger partial charge in [0.05, 0.1) is 7.11 Å². The molecule has 0 saturated heterocycles. The van der Waals surface area contributed by atoms with E-state index in [0.29, 0.717) is 6.42 Å². The predicted molar refractivity (Wildman–Crippen MR) is 101 cm³/mol. The maximum atomic E-state index is 12.0. The third kappa shape index (κ3) is 5.92. The monoisotopic (exact) mass is 355 g/mol. The number of alkyl carbamates (subject to hydrolysis) is 1. The molecule has 0 aromatic heterocycles. The molecule has 2 rings (SSSR count). The Kier molecular flexibility index (Phi) is 6.39. The van der Waals surface area contributed by atoms with Crippen molar-refractivity contribution in [1.82, 2.24) is 5.32 Å². The van der Waals surface area contributed by atoms with E-state index in [2.05, 4.69) is 5.32 Å². The molecule has 5 heteroatoms. The van der Waals surface area contributed by atoms with E-state index in [1.807, 2.05) is 54.6 Å². The average Bonchev–Trinajstić information content (AvgIpc) is 2.60. The highest BCUT2D eigenvalue weighted by Crippen LogP contribution is 2.20. The van der Waals surface area contributed by atoms with Crippen LogP contribution in [0.15, 0.2) is 54.6 Å². The van der Waals surface area contributed by atoms with Gasteiger partial charge in [0, 0.05) is 6.42 Å². The highest BCUT2D eigenvalue weighted by Gasteiger charge is 2.25. The zero-order valence-corrected chi connectivity index (χ0v) is 15.6. The Morgan fingerprint density at radius 2 is 1.54 bits per heavy atom. The number of hydrogen-bond donors (Lipinski definition) is 1. The summed E-state index contributed by atoms with van der Waals surface area (Å²) in [7, 11) is 1.30. The third-order valence-electron chi connectivity index (χ3n) is 3.68. The first-order valence-electron chi connectivity index (χ1n) is 8.50. The number of esters is 1. The van der Waals surface area contributed by atoms with Gasteiger partial charge >= 0.3 is 12.1 Å². The van der Waals surface area contributed by atoms with Gasteiger partial charge in [0.25, 0.3) is 0 Å². The largest absolute Gasteiger partial charge is 0.467 e. The van der Waals surface area contributed by atoms with Crippen molar-refractivity contribution in [2.45, 2.75) is 38.8 Å². The van der Waals surface area contributed by atoms with Crippen LogP contribution in [0.3, 0.4) is 0 Å². The molecule has 0 spiro atoms. The Morgan fingerprint density at radius 3 is 2.08 bits per heavy atom. The SMILES string of the molecule is COC(=O)[C@H](Cc1ccc(-c2ccccc2)cc1)NC(=O)OC(C)(C)C. The van der Waals surface area contributed by atoms with E-state index in [1.165, 1.54) is 7.11 Å². The number of carbonyl (C=O) groups excluding carboxylic acids is 2. The molecule has 1 atom stereocenters. The van der Waals surface area contributed by atoms with E-state index in [1.54, 1.807) is 20.8 Å². The second-order valence-corrected chi connectivity index (χ2v) is 6.99. The van der Waals surface area contributed by atoms with Crippen LogP contribution in [-0.4, -0.2) is 30.8 Å². The second-order valence-electron chi connectivity index (χ2n) is 6.99. The summed E-state index contributed by atoms with van der Waals surface area (Å²) in [5.41, 5.74) is 2.48. The lowest BCUT2D eigenvalue weighted by Crippen LogP contribution is -2.45. The fraction of sp³-hybridized carbons (Fsp3) is 0.333. The van der Waals surface area contributed by atoms with Gasteiger partial charge in [-0.25, -0.2) is 9.59 Å². The zero-order valence-electron chi connectivity index (χ0n) is 15.6. The molecular weight excluding hydrogens is 330 g/mol. The number of benzene rings is 2. The number of ether oxygens (including phenoxy) is 2. The summed E-state index contributed by atoms with van der Waals surface area (Å²) in [6, 6.07) is 17.1. The van der Waals surface area contributed by atoms with E-state index in [0.717, 1.165) is 16.7 Å². The van der Waals surface area contributed by atoms with Gasteiger partial charge in [-0.1, -0.05) is 54.6 Å². The van der Waals surface area contributed by atoms with Crippen LogP contribution in [0.4, 0.5) is 4.79 Å². The smallest absolute Gasteiger partial charge is 0.408 e.